The molecular formula is C20H15BrN2O4. The van der Waals surface area contributed by atoms with E-state index >= 15 is 0 Å². The minimum Gasteiger partial charge on any atom is -0.438 e. The average molecular weight is 427 g/mol. The molecule has 0 aliphatic carbocycles. The highest BCUT2D eigenvalue weighted by Crippen LogP contribution is 2.26. The number of pyridine rings is 1. The molecule has 136 valence electrons. The second kappa shape index (κ2) is 8.46. The van der Waals surface area contributed by atoms with Crippen molar-refractivity contribution in [3.8, 4) is 17.4 Å². The Hall–Kier alpha value is -3.19. The first-order valence-electron chi connectivity index (χ1n) is 7.99. The Bertz CT molecular complexity index is 991. The number of hydrogen-bond donors (Lipinski definition) is 1. The monoisotopic (exact) mass is 426 g/mol. The van der Waals surface area contributed by atoms with Gasteiger partial charge < -0.3 is 14.8 Å². The van der Waals surface area contributed by atoms with E-state index in [2.05, 4.69) is 26.2 Å². The molecule has 6 nitrogen and oxygen atoms in total. The van der Waals surface area contributed by atoms with Crippen LogP contribution in [-0.2, 0) is 0 Å². The first kappa shape index (κ1) is 18.6. The number of carbonyl (C=O) groups is 2. The van der Waals surface area contributed by atoms with Crippen LogP contribution in [0.25, 0.3) is 0 Å². The van der Waals surface area contributed by atoms with Gasteiger partial charge in [-0.1, -0.05) is 28.1 Å². The molecular weight excluding hydrogens is 412 g/mol. The number of hydrogen-bond acceptors (Lipinski definition) is 5. The summed E-state index contributed by atoms with van der Waals surface area (Å²) >= 11 is 3.37. The first-order valence-corrected chi connectivity index (χ1v) is 8.79. The quantitative estimate of drug-likeness (QED) is 0.488. The van der Waals surface area contributed by atoms with Gasteiger partial charge >= 0.3 is 5.97 Å². The first-order chi connectivity index (χ1) is 13.1. The molecule has 3 rings (SSSR count). The minimum absolute atomic E-state index is 0.128. The van der Waals surface area contributed by atoms with E-state index in [0.717, 1.165) is 4.47 Å². The van der Waals surface area contributed by atoms with Crippen LogP contribution in [0.3, 0.4) is 0 Å². The summed E-state index contributed by atoms with van der Waals surface area (Å²) in [5.74, 6) is -0.00439. The van der Waals surface area contributed by atoms with E-state index in [4.69, 9.17) is 9.47 Å². The molecule has 0 aliphatic heterocycles. The van der Waals surface area contributed by atoms with Gasteiger partial charge in [0.2, 0.25) is 5.88 Å². The maximum Gasteiger partial charge on any atom is 0.349 e. The van der Waals surface area contributed by atoms with Gasteiger partial charge in [0.15, 0.2) is 0 Å². The van der Waals surface area contributed by atoms with Crippen molar-refractivity contribution in [1.82, 2.24) is 10.3 Å². The molecule has 2 aromatic carbocycles. The molecule has 0 aliphatic rings. The number of carbonyl (C=O) groups excluding carboxylic acids is 2. The van der Waals surface area contributed by atoms with Crippen LogP contribution in [0.5, 0.6) is 17.4 Å². The van der Waals surface area contributed by atoms with Crippen LogP contribution in [0.1, 0.15) is 20.7 Å². The van der Waals surface area contributed by atoms with Crippen molar-refractivity contribution in [2.24, 2.45) is 0 Å². The van der Waals surface area contributed by atoms with Crippen molar-refractivity contribution < 1.29 is 19.1 Å². The maximum atomic E-state index is 12.6. The highest BCUT2D eigenvalue weighted by atomic mass is 79.9. The lowest BCUT2D eigenvalue weighted by Crippen LogP contribution is -2.18. The normalized spacial score (nSPS) is 10.1. The van der Waals surface area contributed by atoms with Crippen LogP contribution >= 0.6 is 15.9 Å². The second-order valence-corrected chi connectivity index (χ2v) is 6.33. The van der Waals surface area contributed by atoms with Crippen molar-refractivity contribution >= 4 is 27.8 Å². The number of nitrogens with one attached hydrogen (secondary N) is 1. The number of aromatic nitrogens is 1. The van der Waals surface area contributed by atoms with Gasteiger partial charge in [0.25, 0.3) is 5.91 Å². The summed E-state index contributed by atoms with van der Waals surface area (Å²) in [6.45, 7) is 0. The lowest BCUT2D eigenvalue weighted by atomic mass is 10.2. The average Bonchev–Trinajstić information content (AvgIpc) is 2.68. The Morgan fingerprint density at radius 1 is 1.00 bits per heavy atom. The van der Waals surface area contributed by atoms with Crippen molar-refractivity contribution in [2.45, 2.75) is 0 Å². The fourth-order valence-electron chi connectivity index (χ4n) is 2.28. The molecule has 0 saturated carbocycles. The molecule has 7 heteroatoms. The van der Waals surface area contributed by atoms with Gasteiger partial charge in [0, 0.05) is 23.3 Å². The van der Waals surface area contributed by atoms with Gasteiger partial charge in [-0.25, -0.2) is 9.78 Å². The zero-order valence-electron chi connectivity index (χ0n) is 14.3. The fourth-order valence-corrected chi connectivity index (χ4v) is 2.66. The Labute approximate surface area is 164 Å². The fraction of sp³-hybridized carbons (Fsp3) is 0.0500. The van der Waals surface area contributed by atoms with Gasteiger partial charge in [0.1, 0.15) is 17.1 Å². The molecule has 0 unspecified atom stereocenters. The van der Waals surface area contributed by atoms with Crippen molar-refractivity contribution in [1.29, 1.82) is 0 Å². The Kier molecular flexibility index (Phi) is 5.83. The molecule has 1 aromatic heterocycles. The number of ether oxygens (including phenoxy) is 2. The van der Waals surface area contributed by atoms with Crippen LogP contribution in [0.2, 0.25) is 0 Å². The van der Waals surface area contributed by atoms with Crippen molar-refractivity contribution in [3.05, 3.63) is 82.5 Å². The van der Waals surface area contributed by atoms with E-state index in [0.29, 0.717) is 11.3 Å². The Morgan fingerprint density at radius 3 is 2.56 bits per heavy atom. The zero-order chi connectivity index (χ0) is 19.2. The Morgan fingerprint density at radius 2 is 1.78 bits per heavy atom. The van der Waals surface area contributed by atoms with E-state index < -0.39 is 5.97 Å². The SMILES string of the molecule is CNC(=O)c1cccc(OC(=O)c2cccnc2Oc2cccc(Br)c2)c1. The zero-order valence-corrected chi connectivity index (χ0v) is 15.9. The molecule has 0 spiro atoms. The molecule has 0 saturated heterocycles. The number of amides is 1. The van der Waals surface area contributed by atoms with E-state index in [1.807, 2.05) is 12.1 Å². The van der Waals surface area contributed by atoms with E-state index in [1.54, 1.807) is 42.5 Å². The van der Waals surface area contributed by atoms with Gasteiger partial charge in [-0.3, -0.25) is 4.79 Å². The van der Waals surface area contributed by atoms with Gasteiger partial charge in [-0.05, 0) is 48.5 Å². The second-order valence-electron chi connectivity index (χ2n) is 5.41. The molecule has 27 heavy (non-hydrogen) atoms. The van der Waals surface area contributed by atoms with E-state index in [9.17, 15) is 9.59 Å². The predicted octanol–water partition coefficient (Wildman–Crippen LogP) is 4.22. The maximum absolute atomic E-state index is 12.6. The summed E-state index contributed by atoms with van der Waals surface area (Å²) in [4.78, 5) is 28.4. The van der Waals surface area contributed by atoms with Crippen molar-refractivity contribution in [2.75, 3.05) is 7.05 Å². The van der Waals surface area contributed by atoms with E-state index in [-0.39, 0.29) is 23.1 Å². The molecule has 1 amide bonds. The smallest absolute Gasteiger partial charge is 0.349 e. The van der Waals surface area contributed by atoms with Crippen LogP contribution in [-0.4, -0.2) is 23.9 Å². The summed E-state index contributed by atoms with van der Waals surface area (Å²) < 4.78 is 12.0. The summed E-state index contributed by atoms with van der Waals surface area (Å²) in [6, 6.07) is 16.7. The van der Waals surface area contributed by atoms with Crippen LogP contribution < -0.4 is 14.8 Å². The highest BCUT2D eigenvalue weighted by Gasteiger charge is 2.17. The third kappa shape index (κ3) is 4.71. The third-order valence-electron chi connectivity index (χ3n) is 3.54. The number of esters is 1. The van der Waals surface area contributed by atoms with Crippen molar-refractivity contribution in [3.63, 3.8) is 0 Å². The number of rotatable bonds is 5. The summed E-state index contributed by atoms with van der Waals surface area (Å²) in [7, 11) is 1.53. The number of benzene rings is 2. The number of nitrogens with zero attached hydrogens (tertiary/aromatic N) is 1. The standard InChI is InChI=1S/C20H15BrN2O4/c1-22-18(24)13-5-2-7-15(11-13)27-20(25)17-9-4-10-23-19(17)26-16-8-3-6-14(21)12-16/h2-12H,1H3,(H,22,24). The highest BCUT2D eigenvalue weighted by molar-refractivity contribution is 9.10. The Balaban J connectivity index is 1.82. The largest absolute Gasteiger partial charge is 0.438 e. The lowest BCUT2D eigenvalue weighted by Gasteiger charge is -2.10. The summed E-state index contributed by atoms with van der Waals surface area (Å²) in [5, 5.41) is 2.52. The molecule has 0 atom stereocenters. The van der Waals surface area contributed by atoms with Crippen LogP contribution in [0.4, 0.5) is 0 Å². The molecule has 1 heterocycles. The molecule has 0 bridgehead atoms. The molecule has 1 N–H and O–H groups in total. The molecule has 3 aromatic rings. The lowest BCUT2D eigenvalue weighted by molar-refractivity contribution is 0.0730. The number of halogens is 1. The van der Waals surface area contributed by atoms with Gasteiger partial charge in [-0.15, -0.1) is 0 Å². The van der Waals surface area contributed by atoms with Crippen LogP contribution in [0.15, 0.2) is 71.3 Å². The summed E-state index contributed by atoms with van der Waals surface area (Å²) in [6.07, 6.45) is 1.52. The van der Waals surface area contributed by atoms with E-state index in [1.165, 1.54) is 19.3 Å². The summed E-state index contributed by atoms with van der Waals surface area (Å²) in [5.41, 5.74) is 0.558. The molecule has 0 fully saturated rings. The third-order valence-corrected chi connectivity index (χ3v) is 4.03. The predicted molar refractivity (Wildman–Crippen MR) is 103 cm³/mol. The minimum atomic E-state index is -0.637. The molecule has 0 radical (unpaired) electrons. The topological polar surface area (TPSA) is 77.5 Å². The van der Waals surface area contributed by atoms with Gasteiger partial charge in [0.05, 0.1) is 0 Å². The van der Waals surface area contributed by atoms with Gasteiger partial charge in [-0.2, -0.15) is 0 Å². The van der Waals surface area contributed by atoms with Crippen LogP contribution in [0, 0.1) is 0 Å².